The lowest BCUT2D eigenvalue weighted by atomic mass is 10.1. The van der Waals surface area contributed by atoms with Crippen molar-refractivity contribution in [1.82, 2.24) is 10.6 Å². The molecule has 2 aromatic rings. The SMILES string of the molecule is COc1ccc(CCNC(=O)NC[C@H](OC)c2ccc(C)s2)cc1. The van der Waals surface area contributed by atoms with Crippen LogP contribution in [0.1, 0.15) is 21.4 Å². The van der Waals surface area contributed by atoms with E-state index >= 15 is 0 Å². The molecule has 130 valence electrons. The molecule has 2 amide bonds. The number of benzene rings is 1. The number of urea groups is 1. The van der Waals surface area contributed by atoms with Crippen LogP contribution in [0.25, 0.3) is 0 Å². The molecule has 6 heteroatoms. The molecule has 0 aliphatic heterocycles. The van der Waals surface area contributed by atoms with Gasteiger partial charge in [-0.1, -0.05) is 12.1 Å². The Kier molecular flexibility index (Phi) is 7.08. The summed E-state index contributed by atoms with van der Waals surface area (Å²) >= 11 is 1.68. The molecule has 0 fully saturated rings. The third-order valence-corrected chi connectivity index (χ3v) is 4.76. The van der Waals surface area contributed by atoms with E-state index in [-0.39, 0.29) is 12.1 Å². The van der Waals surface area contributed by atoms with Crippen molar-refractivity contribution in [1.29, 1.82) is 0 Å². The number of methoxy groups -OCH3 is 2. The molecule has 1 heterocycles. The van der Waals surface area contributed by atoms with Gasteiger partial charge < -0.3 is 20.1 Å². The van der Waals surface area contributed by atoms with E-state index in [9.17, 15) is 4.79 Å². The average molecular weight is 348 g/mol. The summed E-state index contributed by atoms with van der Waals surface area (Å²) in [7, 11) is 3.30. The normalized spacial score (nSPS) is 11.8. The minimum atomic E-state index is -0.182. The van der Waals surface area contributed by atoms with Gasteiger partial charge in [0.05, 0.1) is 13.7 Å². The fraction of sp³-hybridized carbons (Fsp3) is 0.389. The molecule has 1 atom stereocenters. The summed E-state index contributed by atoms with van der Waals surface area (Å²) in [5, 5.41) is 5.72. The number of hydrogen-bond donors (Lipinski definition) is 2. The quantitative estimate of drug-likeness (QED) is 0.769. The second-order valence-electron chi connectivity index (χ2n) is 5.41. The van der Waals surface area contributed by atoms with Gasteiger partial charge in [0.25, 0.3) is 0 Å². The number of thiophene rings is 1. The van der Waals surface area contributed by atoms with Crippen molar-refractivity contribution < 1.29 is 14.3 Å². The summed E-state index contributed by atoms with van der Waals surface area (Å²) < 4.78 is 10.6. The van der Waals surface area contributed by atoms with Crippen LogP contribution in [0.2, 0.25) is 0 Å². The van der Waals surface area contributed by atoms with Crippen LogP contribution in [-0.2, 0) is 11.2 Å². The molecular weight excluding hydrogens is 324 g/mol. The van der Waals surface area contributed by atoms with Gasteiger partial charge in [-0.05, 0) is 43.2 Å². The fourth-order valence-corrected chi connectivity index (χ4v) is 3.24. The molecule has 0 spiro atoms. The van der Waals surface area contributed by atoms with Gasteiger partial charge in [0.1, 0.15) is 11.9 Å². The first-order valence-corrected chi connectivity index (χ1v) is 8.67. The van der Waals surface area contributed by atoms with E-state index in [4.69, 9.17) is 9.47 Å². The number of amides is 2. The van der Waals surface area contributed by atoms with Gasteiger partial charge in [-0.15, -0.1) is 11.3 Å². The van der Waals surface area contributed by atoms with Crippen molar-refractivity contribution in [3.63, 3.8) is 0 Å². The van der Waals surface area contributed by atoms with Gasteiger partial charge in [0.15, 0.2) is 0 Å². The summed E-state index contributed by atoms with van der Waals surface area (Å²) in [5.74, 6) is 0.832. The second kappa shape index (κ2) is 9.30. The summed E-state index contributed by atoms with van der Waals surface area (Å²) in [4.78, 5) is 14.2. The molecule has 2 N–H and O–H groups in total. The Hall–Kier alpha value is -2.05. The lowest BCUT2D eigenvalue weighted by Gasteiger charge is -2.15. The van der Waals surface area contributed by atoms with Crippen molar-refractivity contribution in [3.8, 4) is 5.75 Å². The predicted octanol–water partition coefficient (Wildman–Crippen LogP) is 3.29. The van der Waals surface area contributed by atoms with Crippen LogP contribution >= 0.6 is 11.3 Å². The average Bonchev–Trinajstić information content (AvgIpc) is 3.02. The van der Waals surface area contributed by atoms with E-state index in [1.165, 1.54) is 4.88 Å². The molecule has 24 heavy (non-hydrogen) atoms. The van der Waals surface area contributed by atoms with Crippen molar-refractivity contribution in [2.45, 2.75) is 19.4 Å². The Labute approximate surface area is 147 Å². The van der Waals surface area contributed by atoms with Crippen LogP contribution in [0.5, 0.6) is 5.75 Å². The van der Waals surface area contributed by atoms with Crippen LogP contribution in [-0.4, -0.2) is 33.3 Å². The third-order valence-electron chi connectivity index (χ3n) is 3.67. The highest BCUT2D eigenvalue weighted by Gasteiger charge is 2.13. The molecule has 0 radical (unpaired) electrons. The van der Waals surface area contributed by atoms with E-state index in [1.807, 2.05) is 30.3 Å². The zero-order valence-corrected chi connectivity index (χ0v) is 15.1. The molecule has 0 aliphatic carbocycles. The maximum absolute atomic E-state index is 11.9. The first kappa shape index (κ1) is 18.3. The molecule has 0 bridgehead atoms. The first-order valence-electron chi connectivity index (χ1n) is 7.86. The first-order chi connectivity index (χ1) is 11.6. The lowest BCUT2D eigenvalue weighted by Crippen LogP contribution is -2.38. The number of ether oxygens (including phenoxy) is 2. The van der Waals surface area contributed by atoms with Crippen LogP contribution in [0.4, 0.5) is 4.79 Å². The van der Waals surface area contributed by atoms with Gasteiger partial charge in [-0.3, -0.25) is 0 Å². The van der Waals surface area contributed by atoms with Crippen LogP contribution < -0.4 is 15.4 Å². The van der Waals surface area contributed by atoms with Crippen molar-refractivity contribution in [2.24, 2.45) is 0 Å². The summed E-state index contributed by atoms with van der Waals surface area (Å²) in [6.07, 6.45) is 0.658. The Morgan fingerprint density at radius 1 is 1.12 bits per heavy atom. The number of rotatable bonds is 8. The van der Waals surface area contributed by atoms with E-state index in [0.717, 1.165) is 22.6 Å². The fourth-order valence-electron chi connectivity index (χ4n) is 2.29. The van der Waals surface area contributed by atoms with E-state index in [0.29, 0.717) is 13.1 Å². The molecule has 1 aromatic carbocycles. The maximum Gasteiger partial charge on any atom is 0.314 e. The Morgan fingerprint density at radius 2 is 1.88 bits per heavy atom. The van der Waals surface area contributed by atoms with E-state index < -0.39 is 0 Å². The standard InChI is InChI=1S/C18H24N2O3S/c1-13-4-9-17(24-13)16(23-3)12-20-18(21)19-11-10-14-5-7-15(22-2)8-6-14/h4-9,16H,10-12H2,1-3H3,(H2,19,20,21)/t16-/m0/s1. The number of nitrogens with one attached hydrogen (secondary N) is 2. The second-order valence-corrected chi connectivity index (χ2v) is 6.73. The largest absolute Gasteiger partial charge is 0.497 e. The number of carbonyl (C=O) groups is 1. The highest BCUT2D eigenvalue weighted by atomic mass is 32.1. The molecule has 2 rings (SSSR count). The van der Waals surface area contributed by atoms with Gasteiger partial charge in [-0.2, -0.15) is 0 Å². The van der Waals surface area contributed by atoms with Gasteiger partial charge in [-0.25, -0.2) is 4.79 Å². The third kappa shape index (κ3) is 5.54. The molecule has 0 saturated heterocycles. The number of aryl methyl sites for hydroxylation is 1. The topological polar surface area (TPSA) is 59.6 Å². The monoisotopic (exact) mass is 348 g/mol. The van der Waals surface area contributed by atoms with Gasteiger partial charge in [0.2, 0.25) is 0 Å². The zero-order chi connectivity index (χ0) is 17.4. The van der Waals surface area contributed by atoms with E-state index in [2.05, 4.69) is 23.6 Å². The maximum atomic E-state index is 11.9. The Morgan fingerprint density at radius 3 is 2.46 bits per heavy atom. The molecule has 1 aromatic heterocycles. The lowest BCUT2D eigenvalue weighted by molar-refractivity contribution is 0.107. The van der Waals surface area contributed by atoms with Crippen molar-refractivity contribution in [3.05, 3.63) is 51.7 Å². The molecule has 0 unspecified atom stereocenters. The summed E-state index contributed by atoms with van der Waals surface area (Å²) in [6, 6.07) is 11.7. The molecular formula is C18H24N2O3S. The number of hydrogen-bond acceptors (Lipinski definition) is 4. The summed E-state index contributed by atoms with van der Waals surface area (Å²) in [5.41, 5.74) is 1.15. The highest BCUT2D eigenvalue weighted by Crippen LogP contribution is 2.24. The minimum Gasteiger partial charge on any atom is -0.497 e. The molecule has 5 nitrogen and oxygen atoms in total. The van der Waals surface area contributed by atoms with Crippen molar-refractivity contribution in [2.75, 3.05) is 27.3 Å². The van der Waals surface area contributed by atoms with Gasteiger partial charge in [0, 0.05) is 23.4 Å². The number of carbonyl (C=O) groups excluding carboxylic acids is 1. The van der Waals surface area contributed by atoms with Crippen LogP contribution in [0.15, 0.2) is 36.4 Å². The summed E-state index contributed by atoms with van der Waals surface area (Å²) in [6.45, 7) is 3.08. The molecule has 0 saturated carbocycles. The van der Waals surface area contributed by atoms with Crippen LogP contribution in [0.3, 0.4) is 0 Å². The van der Waals surface area contributed by atoms with Crippen molar-refractivity contribution >= 4 is 17.4 Å². The highest BCUT2D eigenvalue weighted by molar-refractivity contribution is 7.12. The van der Waals surface area contributed by atoms with E-state index in [1.54, 1.807) is 25.6 Å². The minimum absolute atomic E-state index is 0.115. The predicted molar refractivity (Wildman–Crippen MR) is 96.9 cm³/mol. The Bertz CT molecular complexity index is 640. The Balaban J connectivity index is 1.70. The molecule has 0 aliphatic rings. The zero-order valence-electron chi connectivity index (χ0n) is 14.3. The van der Waals surface area contributed by atoms with Crippen LogP contribution in [0, 0.1) is 6.92 Å². The van der Waals surface area contributed by atoms with Gasteiger partial charge >= 0.3 is 6.03 Å². The smallest absolute Gasteiger partial charge is 0.314 e.